The zero-order valence-corrected chi connectivity index (χ0v) is 6.36. The summed E-state index contributed by atoms with van der Waals surface area (Å²) < 4.78 is 0. The van der Waals surface area contributed by atoms with Crippen molar-refractivity contribution >= 4 is 17.7 Å². The Hall–Kier alpha value is -0.480. The number of rotatable bonds is 5. The molecule has 0 aromatic rings. The van der Waals surface area contributed by atoms with E-state index in [9.17, 15) is 4.79 Å². The van der Waals surface area contributed by atoms with Gasteiger partial charge in [0.15, 0.2) is 0 Å². The van der Waals surface area contributed by atoms with Gasteiger partial charge in [-0.1, -0.05) is 6.58 Å². The van der Waals surface area contributed by atoms with Crippen molar-refractivity contribution in [1.29, 1.82) is 0 Å². The molecule has 0 aromatic heterocycles. The first-order valence-electron chi connectivity index (χ1n) is 2.78. The minimum atomic E-state index is -0.967. The Morgan fingerprint density at radius 3 is 2.60 bits per heavy atom. The molecule has 3 nitrogen and oxygen atoms in total. The van der Waals surface area contributed by atoms with E-state index >= 15 is 0 Å². The number of hydrogen-bond acceptors (Lipinski definition) is 3. The van der Waals surface area contributed by atoms with Crippen molar-refractivity contribution in [3.8, 4) is 0 Å². The van der Waals surface area contributed by atoms with Crippen LogP contribution >= 0.6 is 11.8 Å². The lowest BCUT2D eigenvalue weighted by atomic mass is 10.4. The maximum atomic E-state index is 10.1. The molecule has 0 aliphatic rings. The lowest BCUT2D eigenvalue weighted by molar-refractivity contribution is -0.132. The molecule has 0 spiro atoms. The average molecular weight is 162 g/mol. The molecule has 0 saturated heterocycles. The molecule has 0 atom stereocenters. The first-order valence-corrected chi connectivity index (χ1v) is 3.93. The van der Waals surface area contributed by atoms with Crippen molar-refractivity contribution in [2.24, 2.45) is 0 Å². The van der Waals surface area contributed by atoms with Gasteiger partial charge in [0, 0.05) is 17.1 Å². The fourth-order valence-corrected chi connectivity index (χ4v) is 0.965. The van der Waals surface area contributed by atoms with Gasteiger partial charge in [-0.2, -0.15) is 11.8 Å². The Labute approximate surface area is 63.7 Å². The maximum Gasteiger partial charge on any atom is 0.331 e. The highest BCUT2D eigenvalue weighted by Gasteiger charge is 2.01. The van der Waals surface area contributed by atoms with E-state index in [0.717, 1.165) is 0 Å². The smallest absolute Gasteiger partial charge is 0.331 e. The van der Waals surface area contributed by atoms with Gasteiger partial charge in [0.25, 0.3) is 0 Å². The average Bonchev–Trinajstić information content (AvgIpc) is 1.88. The summed E-state index contributed by atoms with van der Waals surface area (Å²) in [6, 6.07) is 0. The second-order valence-corrected chi connectivity index (χ2v) is 2.79. The molecular formula is C6H10O3S. The third kappa shape index (κ3) is 4.40. The highest BCUT2D eigenvalue weighted by molar-refractivity contribution is 7.99. The van der Waals surface area contributed by atoms with Crippen molar-refractivity contribution in [3.05, 3.63) is 12.2 Å². The topological polar surface area (TPSA) is 57.5 Å². The molecule has 0 bridgehead atoms. The third-order valence-electron chi connectivity index (χ3n) is 0.814. The Morgan fingerprint density at radius 1 is 1.60 bits per heavy atom. The minimum Gasteiger partial charge on any atom is -0.478 e. The number of carboxylic acid groups (broad SMARTS) is 1. The number of aliphatic carboxylic acids is 1. The van der Waals surface area contributed by atoms with Crippen LogP contribution in [-0.2, 0) is 4.79 Å². The van der Waals surface area contributed by atoms with Crippen LogP contribution in [0.5, 0.6) is 0 Å². The first kappa shape index (κ1) is 9.52. The second kappa shape index (κ2) is 5.32. The second-order valence-electron chi connectivity index (χ2n) is 1.68. The first-order chi connectivity index (χ1) is 4.68. The van der Waals surface area contributed by atoms with Crippen molar-refractivity contribution in [2.45, 2.75) is 0 Å². The van der Waals surface area contributed by atoms with Crippen molar-refractivity contribution < 1.29 is 15.0 Å². The van der Waals surface area contributed by atoms with Crippen LogP contribution < -0.4 is 0 Å². The largest absolute Gasteiger partial charge is 0.478 e. The summed E-state index contributed by atoms with van der Waals surface area (Å²) >= 11 is 1.36. The summed E-state index contributed by atoms with van der Waals surface area (Å²) in [5.41, 5.74) is 0.179. The molecule has 10 heavy (non-hydrogen) atoms. The van der Waals surface area contributed by atoms with Gasteiger partial charge in [-0.25, -0.2) is 4.79 Å². The molecule has 0 radical (unpaired) electrons. The molecule has 0 fully saturated rings. The summed E-state index contributed by atoms with van der Waals surface area (Å²) in [6.45, 7) is 3.40. The van der Waals surface area contributed by atoms with Gasteiger partial charge in [-0.05, 0) is 0 Å². The summed E-state index contributed by atoms with van der Waals surface area (Å²) in [5, 5.41) is 16.6. The minimum absolute atomic E-state index is 0.0809. The van der Waals surface area contributed by atoms with E-state index < -0.39 is 5.97 Å². The van der Waals surface area contributed by atoms with Crippen LogP contribution in [0, 0.1) is 0 Å². The number of carbonyl (C=O) groups is 1. The zero-order valence-electron chi connectivity index (χ0n) is 5.54. The Kier molecular flexibility index (Phi) is 5.06. The van der Waals surface area contributed by atoms with Crippen LogP contribution in [0.4, 0.5) is 0 Å². The number of aliphatic hydroxyl groups is 1. The molecule has 0 saturated carbocycles. The normalized spacial score (nSPS) is 9.30. The van der Waals surface area contributed by atoms with Gasteiger partial charge in [0.05, 0.1) is 6.61 Å². The summed E-state index contributed by atoms with van der Waals surface area (Å²) in [4.78, 5) is 10.1. The SMILES string of the molecule is C=C(CSCCO)C(=O)O. The van der Waals surface area contributed by atoms with E-state index in [-0.39, 0.29) is 12.2 Å². The number of thioether (sulfide) groups is 1. The van der Waals surface area contributed by atoms with Crippen LogP contribution in [0.3, 0.4) is 0 Å². The van der Waals surface area contributed by atoms with Gasteiger partial charge >= 0.3 is 5.97 Å². The summed E-state index contributed by atoms with van der Waals surface area (Å²) in [5.74, 6) is -0.0206. The Bertz CT molecular complexity index is 133. The fourth-order valence-electron chi connectivity index (χ4n) is 0.322. The van der Waals surface area contributed by atoms with Gasteiger partial charge in [0.1, 0.15) is 0 Å². The quantitative estimate of drug-likeness (QED) is 0.452. The molecule has 4 heteroatoms. The molecule has 0 aliphatic heterocycles. The zero-order chi connectivity index (χ0) is 7.98. The van der Waals surface area contributed by atoms with E-state index in [1.807, 2.05) is 0 Å². The molecule has 0 aromatic carbocycles. The number of hydrogen-bond donors (Lipinski definition) is 2. The van der Waals surface area contributed by atoms with Crippen molar-refractivity contribution in [1.82, 2.24) is 0 Å². The van der Waals surface area contributed by atoms with E-state index in [2.05, 4.69) is 6.58 Å². The fraction of sp³-hybridized carbons (Fsp3) is 0.500. The number of carboxylic acids is 1. The molecule has 0 amide bonds. The molecule has 0 rings (SSSR count). The predicted octanol–water partition coefficient (Wildman–Crippen LogP) is 0.353. The molecule has 58 valence electrons. The highest BCUT2D eigenvalue weighted by atomic mass is 32.2. The molecule has 2 N–H and O–H groups in total. The van der Waals surface area contributed by atoms with Crippen LogP contribution in [-0.4, -0.2) is 34.3 Å². The summed E-state index contributed by atoms with van der Waals surface area (Å²) in [7, 11) is 0. The third-order valence-corrected chi connectivity index (χ3v) is 1.84. The molecule has 0 heterocycles. The number of aliphatic hydroxyl groups excluding tert-OH is 1. The molecular weight excluding hydrogens is 152 g/mol. The van der Waals surface area contributed by atoms with Gasteiger partial charge in [-0.3, -0.25) is 0 Å². The van der Waals surface area contributed by atoms with E-state index in [1.165, 1.54) is 11.8 Å². The summed E-state index contributed by atoms with van der Waals surface area (Å²) in [6.07, 6.45) is 0. The monoisotopic (exact) mass is 162 g/mol. The van der Waals surface area contributed by atoms with Crippen molar-refractivity contribution in [2.75, 3.05) is 18.1 Å². The Morgan fingerprint density at radius 2 is 2.20 bits per heavy atom. The van der Waals surface area contributed by atoms with Crippen molar-refractivity contribution in [3.63, 3.8) is 0 Å². The molecule has 0 unspecified atom stereocenters. The van der Waals surface area contributed by atoms with Crippen LogP contribution in [0.2, 0.25) is 0 Å². The van der Waals surface area contributed by atoms with E-state index in [1.54, 1.807) is 0 Å². The van der Waals surface area contributed by atoms with Gasteiger partial charge in [0.2, 0.25) is 0 Å². The van der Waals surface area contributed by atoms with Crippen LogP contribution in [0.15, 0.2) is 12.2 Å². The lowest BCUT2D eigenvalue weighted by Crippen LogP contribution is -2.02. The predicted molar refractivity (Wildman–Crippen MR) is 41.2 cm³/mol. The van der Waals surface area contributed by atoms with E-state index in [0.29, 0.717) is 11.5 Å². The Balaban J connectivity index is 3.31. The van der Waals surface area contributed by atoms with Crippen LogP contribution in [0.1, 0.15) is 0 Å². The van der Waals surface area contributed by atoms with Crippen LogP contribution in [0.25, 0.3) is 0 Å². The standard InChI is InChI=1S/C6H10O3S/c1-5(6(8)9)4-10-3-2-7/h7H,1-4H2,(H,8,9). The highest BCUT2D eigenvalue weighted by Crippen LogP contribution is 2.04. The van der Waals surface area contributed by atoms with Gasteiger partial charge < -0.3 is 10.2 Å². The lowest BCUT2D eigenvalue weighted by Gasteiger charge is -1.97. The maximum absolute atomic E-state index is 10.1. The molecule has 0 aliphatic carbocycles. The van der Waals surface area contributed by atoms with E-state index in [4.69, 9.17) is 10.2 Å². The van der Waals surface area contributed by atoms with Gasteiger partial charge in [-0.15, -0.1) is 0 Å².